The van der Waals surface area contributed by atoms with Crippen LogP contribution in [0.1, 0.15) is 11.7 Å². The van der Waals surface area contributed by atoms with Gasteiger partial charge >= 0.3 is 0 Å². The maximum Gasteiger partial charge on any atom is 0.106 e. The Morgan fingerprint density at radius 3 is 2.40 bits per heavy atom. The number of benzene rings is 1. The number of hydrogen-bond acceptors (Lipinski definition) is 1. The second kappa shape index (κ2) is 2.51. The van der Waals surface area contributed by atoms with Crippen LogP contribution in [0.3, 0.4) is 0 Å². The molecular formula is C8H7IO. The standard InChI is InChI=1S/C8H7IO/c9-7-3-1-6(2-4-7)8-5-10-8/h1-4,8H,5H2/t8-/m0/s1. The molecule has 0 unspecified atom stereocenters. The van der Waals surface area contributed by atoms with E-state index in [9.17, 15) is 0 Å². The van der Waals surface area contributed by atoms with Gasteiger partial charge in [-0.3, -0.25) is 0 Å². The van der Waals surface area contributed by atoms with Crippen molar-refractivity contribution in [2.24, 2.45) is 0 Å². The summed E-state index contributed by atoms with van der Waals surface area (Å²) in [6.45, 7) is 0.903. The lowest BCUT2D eigenvalue weighted by Crippen LogP contribution is -1.78. The van der Waals surface area contributed by atoms with Crippen LogP contribution in [0.5, 0.6) is 0 Å². The number of ether oxygens (including phenoxy) is 1. The number of rotatable bonds is 1. The lowest BCUT2D eigenvalue weighted by atomic mass is 10.2. The van der Waals surface area contributed by atoms with E-state index in [2.05, 4.69) is 46.9 Å². The highest BCUT2D eigenvalue weighted by Crippen LogP contribution is 2.29. The Morgan fingerprint density at radius 1 is 1.30 bits per heavy atom. The maximum atomic E-state index is 5.13. The third kappa shape index (κ3) is 1.32. The van der Waals surface area contributed by atoms with E-state index in [-0.39, 0.29) is 0 Å². The van der Waals surface area contributed by atoms with E-state index in [4.69, 9.17) is 4.74 Å². The Kier molecular flexibility index (Phi) is 1.66. The summed E-state index contributed by atoms with van der Waals surface area (Å²) in [6, 6.07) is 8.47. The quantitative estimate of drug-likeness (QED) is 0.547. The zero-order chi connectivity index (χ0) is 6.97. The van der Waals surface area contributed by atoms with Gasteiger partial charge in [0, 0.05) is 3.57 Å². The van der Waals surface area contributed by atoms with E-state index in [1.807, 2.05) is 0 Å². The molecule has 0 N–H and O–H groups in total. The summed E-state index contributed by atoms with van der Waals surface area (Å²) in [5, 5.41) is 0. The van der Waals surface area contributed by atoms with E-state index < -0.39 is 0 Å². The van der Waals surface area contributed by atoms with Gasteiger partial charge < -0.3 is 4.74 Å². The summed E-state index contributed by atoms with van der Waals surface area (Å²) in [6.07, 6.45) is 0.400. The lowest BCUT2D eigenvalue weighted by molar-refractivity contribution is 0.415. The first kappa shape index (κ1) is 6.61. The molecule has 52 valence electrons. The van der Waals surface area contributed by atoms with Crippen molar-refractivity contribution in [2.75, 3.05) is 6.61 Å². The van der Waals surface area contributed by atoms with Gasteiger partial charge in [0.15, 0.2) is 0 Å². The minimum atomic E-state index is 0.400. The lowest BCUT2D eigenvalue weighted by Gasteiger charge is -1.93. The van der Waals surface area contributed by atoms with Crippen molar-refractivity contribution in [3.05, 3.63) is 33.4 Å². The van der Waals surface area contributed by atoms with Gasteiger partial charge in [-0.25, -0.2) is 0 Å². The molecule has 1 aromatic rings. The third-order valence-corrected chi connectivity index (χ3v) is 2.29. The van der Waals surface area contributed by atoms with Crippen LogP contribution in [0.25, 0.3) is 0 Å². The van der Waals surface area contributed by atoms with Crippen LogP contribution < -0.4 is 0 Å². The molecule has 2 rings (SSSR count). The molecule has 1 fully saturated rings. The van der Waals surface area contributed by atoms with E-state index in [1.165, 1.54) is 9.13 Å². The fourth-order valence-electron chi connectivity index (χ4n) is 0.918. The van der Waals surface area contributed by atoms with Crippen molar-refractivity contribution in [3.8, 4) is 0 Å². The zero-order valence-electron chi connectivity index (χ0n) is 5.38. The molecule has 1 aromatic carbocycles. The van der Waals surface area contributed by atoms with Gasteiger partial charge in [-0.1, -0.05) is 12.1 Å². The van der Waals surface area contributed by atoms with Crippen molar-refractivity contribution in [1.82, 2.24) is 0 Å². The number of halogens is 1. The van der Waals surface area contributed by atoms with Gasteiger partial charge in [-0.05, 0) is 40.3 Å². The average Bonchev–Trinajstić information content (AvgIpc) is 2.71. The highest BCUT2D eigenvalue weighted by molar-refractivity contribution is 14.1. The highest BCUT2D eigenvalue weighted by atomic mass is 127. The summed E-state index contributed by atoms with van der Waals surface area (Å²) < 4.78 is 6.41. The molecule has 1 aliphatic rings. The molecule has 1 atom stereocenters. The summed E-state index contributed by atoms with van der Waals surface area (Å²) in [4.78, 5) is 0. The van der Waals surface area contributed by atoms with Gasteiger partial charge in [-0.2, -0.15) is 0 Å². The predicted molar refractivity (Wildman–Crippen MR) is 47.9 cm³/mol. The van der Waals surface area contributed by atoms with Crippen molar-refractivity contribution in [3.63, 3.8) is 0 Å². The summed E-state index contributed by atoms with van der Waals surface area (Å²) in [7, 11) is 0. The molecule has 1 nitrogen and oxygen atoms in total. The smallest absolute Gasteiger partial charge is 0.106 e. The van der Waals surface area contributed by atoms with E-state index in [1.54, 1.807) is 0 Å². The topological polar surface area (TPSA) is 12.5 Å². The molecule has 0 amide bonds. The summed E-state index contributed by atoms with van der Waals surface area (Å²) in [5.41, 5.74) is 1.31. The second-order valence-electron chi connectivity index (χ2n) is 2.37. The summed E-state index contributed by atoms with van der Waals surface area (Å²) >= 11 is 2.30. The summed E-state index contributed by atoms with van der Waals surface area (Å²) in [5.74, 6) is 0. The van der Waals surface area contributed by atoms with E-state index in [0.717, 1.165) is 6.61 Å². The molecule has 2 heteroatoms. The molecule has 0 aromatic heterocycles. The minimum Gasteiger partial charge on any atom is -0.368 e. The Balaban J connectivity index is 2.28. The molecule has 10 heavy (non-hydrogen) atoms. The first-order chi connectivity index (χ1) is 4.86. The van der Waals surface area contributed by atoms with Crippen molar-refractivity contribution in [1.29, 1.82) is 0 Å². The Bertz CT molecular complexity index is 226. The van der Waals surface area contributed by atoms with E-state index in [0.29, 0.717) is 6.10 Å². The predicted octanol–water partition coefficient (Wildman–Crippen LogP) is 2.36. The van der Waals surface area contributed by atoms with Crippen LogP contribution in [0.2, 0.25) is 0 Å². The van der Waals surface area contributed by atoms with Crippen LogP contribution in [-0.4, -0.2) is 6.61 Å². The van der Waals surface area contributed by atoms with Crippen LogP contribution in [0.15, 0.2) is 24.3 Å². The monoisotopic (exact) mass is 246 g/mol. The Labute approximate surface area is 73.5 Å². The SMILES string of the molecule is Ic1ccc([C@@H]2CO2)cc1. The fraction of sp³-hybridized carbons (Fsp3) is 0.250. The van der Waals surface area contributed by atoms with Crippen molar-refractivity contribution in [2.45, 2.75) is 6.10 Å². The van der Waals surface area contributed by atoms with Crippen molar-refractivity contribution < 1.29 is 4.74 Å². The maximum absolute atomic E-state index is 5.13. The molecule has 0 radical (unpaired) electrons. The zero-order valence-corrected chi connectivity index (χ0v) is 7.54. The molecule has 0 bridgehead atoms. The average molecular weight is 246 g/mol. The molecule has 0 saturated carbocycles. The Morgan fingerprint density at radius 2 is 1.90 bits per heavy atom. The van der Waals surface area contributed by atoms with Gasteiger partial charge in [-0.15, -0.1) is 0 Å². The van der Waals surface area contributed by atoms with Gasteiger partial charge in [0.05, 0.1) is 6.61 Å². The molecule has 1 heterocycles. The van der Waals surface area contributed by atoms with E-state index >= 15 is 0 Å². The van der Waals surface area contributed by atoms with Gasteiger partial charge in [0.1, 0.15) is 6.10 Å². The van der Waals surface area contributed by atoms with Crippen LogP contribution in [-0.2, 0) is 4.74 Å². The second-order valence-corrected chi connectivity index (χ2v) is 3.62. The first-order valence-corrected chi connectivity index (χ1v) is 4.31. The highest BCUT2D eigenvalue weighted by Gasteiger charge is 2.23. The third-order valence-electron chi connectivity index (χ3n) is 1.58. The fourth-order valence-corrected chi connectivity index (χ4v) is 1.28. The normalized spacial score (nSPS) is 22.7. The largest absolute Gasteiger partial charge is 0.368 e. The molecular weight excluding hydrogens is 239 g/mol. The molecule has 0 aliphatic carbocycles. The van der Waals surface area contributed by atoms with Gasteiger partial charge in [0.2, 0.25) is 0 Å². The van der Waals surface area contributed by atoms with Gasteiger partial charge in [0.25, 0.3) is 0 Å². The molecule has 1 saturated heterocycles. The number of epoxide rings is 1. The molecule has 0 spiro atoms. The van der Waals surface area contributed by atoms with Crippen LogP contribution in [0, 0.1) is 3.57 Å². The number of hydrogen-bond donors (Lipinski definition) is 0. The van der Waals surface area contributed by atoms with Crippen LogP contribution in [0.4, 0.5) is 0 Å². The van der Waals surface area contributed by atoms with Crippen molar-refractivity contribution >= 4 is 22.6 Å². The van der Waals surface area contributed by atoms with Crippen LogP contribution >= 0.6 is 22.6 Å². The Hall–Kier alpha value is -0.0900. The minimum absolute atomic E-state index is 0.400. The molecule has 1 aliphatic heterocycles. The first-order valence-electron chi connectivity index (χ1n) is 3.23.